The van der Waals surface area contributed by atoms with Crippen LogP contribution in [0.2, 0.25) is 0 Å². The summed E-state index contributed by atoms with van der Waals surface area (Å²) >= 11 is 0. The van der Waals surface area contributed by atoms with E-state index in [0.29, 0.717) is 6.42 Å². The number of benzene rings is 1. The third-order valence-electron chi connectivity index (χ3n) is 1.81. The van der Waals surface area contributed by atoms with E-state index in [9.17, 15) is 0 Å². The first-order valence-electron chi connectivity index (χ1n) is 4.01. The van der Waals surface area contributed by atoms with Gasteiger partial charge in [-0.1, -0.05) is 30.3 Å². The molecule has 3 N–H and O–H groups in total. The summed E-state index contributed by atoms with van der Waals surface area (Å²) in [4.78, 5) is 0. The first-order valence-corrected chi connectivity index (χ1v) is 4.01. The van der Waals surface area contributed by atoms with Crippen LogP contribution in [0, 0.1) is 6.92 Å². The van der Waals surface area contributed by atoms with E-state index < -0.39 is 6.10 Å². The van der Waals surface area contributed by atoms with Crippen LogP contribution in [0.3, 0.4) is 0 Å². The average Bonchev–Trinajstić information content (AvgIpc) is 2.06. The van der Waals surface area contributed by atoms with Gasteiger partial charge in [-0.15, -0.1) is 0 Å². The first kappa shape index (κ1) is 9.23. The van der Waals surface area contributed by atoms with E-state index in [1.54, 1.807) is 0 Å². The molecule has 0 saturated heterocycles. The Hall–Kier alpha value is -0.860. The van der Waals surface area contributed by atoms with Crippen molar-refractivity contribution in [2.24, 2.45) is 5.73 Å². The van der Waals surface area contributed by atoms with Gasteiger partial charge >= 0.3 is 0 Å². The topological polar surface area (TPSA) is 46.2 Å². The third kappa shape index (κ3) is 2.64. The maximum absolute atomic E-state index is 9.05. The van der Waals surface area contributed by atoms with Crippen LogP contribution in [0.15, 0.2) is 30.3 Å². The van der Waals surface area contributed by atoms with Crippen LogP contribution >= 0.6 is 0 Å². The fraction of sp³-hybridized carbons (Fsp3) is 0.300. The van der Waals surface area contributed by atoms with Crippen LogP contribution in [0.1, 0.15) is 5.56 Å². The maximum atomic E-state index is 9.05. The summed E-state index contributed by atoms with van der Waals surface area (Å²) in [6, 6.07) is 9.57. The second kappa shape index (κ2) is 4.24. The molecule has 0 aliphatic heterocycles. The van der Waals surface area contributed by atoms with Gasteiger partial charge in [-0.2, -0.15) is 0 Å². The van der Waals surface area contributed by atoms with Gasteiger partial charge in [-0.25, -0.2) is 0 Å². The van der Waals surface area contributed by atoms with Gasteiger partial charge < -0.3 is 10.8 Å². The molecule has 65 valence electrons. The molecular weight excluding hydrogens is 150 g/mol. The molecule has 0 spiro atoms. The molecule has 2 nitrogen and oxygen atoms in total. The Balaban J connectivity index is 2.53. The second-order valence-corrected chi connectivity index (χ2v) is 2.92. The lowest BCUT2D eigenvalue weighted by Crippen LogP contribution is -2.34. The summed E-state index contributed by atoms with van der Waals surface area (Å²) in [5, 5.41) is 9.05. The van der Waals surface area contributed by atoms with Crippen molar-refractivity contribution in [1.82, 2.24) is 0 Å². The van der Waals surface area contributed by atoms with Crippen LogP contribution in [-0.2, 0) is 6.42 Å². The van der Waals surface area contributed by atoms with E-state index >= 15 is 0 Å². The summed E-state index contributed by atoms with van der Waals surface area (Å²) in [6.07, 6.45) is -0.0175. The van der Waals surface area contributed by atoms with Crippen LogP contribution in [-0.4, -0.2) is 17.3 Å². The molecule has 1 aromatic rings. The van der Waals surface area contributed by atoms with Crippen molar-refractivity contribution in [2.75, 3.05) is 0 Å². The number of aliphatic hydroxyl groups excluding tert-OH is 1. The average molecular weight is 164 g/mol. The van der Waals surface area contributed by atoms with E-state index in [-0.39, 0.29) is 6.04 Å². The van der Waals surface area contributed by atoms with Gasteiger partial charge in [0.05, 0.1) is 6.10 Å². The molecule has 0 saturated carbocycles. The minimum atomic E-state index is -0.690. The predicted octanol–water partition coefficient (Wildman–Crippen LogP) is 0.751. The number of hydrogen-bond donors (Lipinski definition) is 2. The van der Waals surface area contributed by atoms with Gasteiger partial charge in [0.1, 0.15) is 0 Å². The number of nitrogens with two attached hydrogens (primary N) is 1. The fourth-order valence-corrected chi connectivity index (χ4v) is 1.02. The Bertz CT molecular complexity index is 221. The van der Waals surface area contributed by atoms with Crippen molar-refractivity contribution < 1.29 is 5.11 Å². The number of aliphatic hydroxyl groups is 1. The van der Waals surface area contributed by atoms with Gasteiger partial charge in [0.2, 0.25) is 0 Å². The van der Waals surface area contributed by atoms with E-state index in [1.165, 1.54) is 0 Å². The second-order valence-electron chi connectivity index (χ2n) is 2.92. The molecule has 0 heterocycles. The highest BCUT2D eigenvalue weighted by Crippen LogP contribution is 2.03. The van der Waals surface area contributed by atoms with Crippen molar-refractivity contribution >= 4 is 0 Å². The van der Waals surface area contributed by atoms with Crippen molar-refractivity contribution in [3.8, 4) is 0 Å². The molecule has 1 radical (unpaired) electrons. The summed E-state index contributed by atoms with van der Waals surface area (Å²) in [5.74, 6) is 0. The van der Waals surface area contributed by atoms with Crippen LogP contribution in [0.4, 0.5) is 0 Å². The largest absolute Gasteiger partial charge is 0.392 e. The number of rotatable bonds is 3. The standard InChI is InChI=1S/C10H14NO/c1-8(12)10(11)7-9-5-3-2-4-6-9/h2-6,8,10,12H,1,7,11H2/t8-,10+/m1/s1. The van der Waals surface area contributed by atoms with Gasteiger partial charge in [-0.3, -0.25) is 0 Å². The summed E-state index contributed by atoms with van der Waals surface area (Å²) < 4.78 is 0. The lowest BCUT2D eigenvalue weighted by molar-refractivity contribution is 0.188. The summed E-state index contributed by atoms with van der Waals surface area (Å²) in [5.41, 5.74) is 6.77. The number of hydrogen-bond acceptors (Lipinski definition) is 2. The third-order valence-corrected chi connectivity index (χ3v) is 1.81. The highest BCUT2D eigenvalue weighted by atomic mass is 16.3. The molecule has 0 bridgehead atoms. The molecule has 0 unspecified atom stereocenters. The van der Waals surface area contributed by atoms with E-state index in [4.69, 9.17) is 10.8 Å². The molecule has 2 atom stereocenters. The zero-order chi connectivity index (χ0) is 8.97. The maximum Gasteiger partial charge on any atom is 0.0695 e. The Kier molecular flexibility index (Phi) is 3.26. The normalized spacial score (nSPS) is 15.6. The molecule has 2 heteroatoms. The van der Waals surface area contributed by atoms with Crippen LogP contribution in [0.25, 0.3) is 0 Å². The Morgan fingerprint density at radius 2 is 1.92 bits per heavy atom. The molecule has 1 rings (SSSR count). The van der Waals surface area contributed by atoms with Crippen molar-refractivity contribution in [1.29, 1.82) is 0 Å². The Morgan fingerprint density at radius 3 is 2.42 bits per heavy atom. The van der Waals surface area contributed by atoms with Crippen LogP contribution < -0.4 is 5.73 Å². The zero-order valence-electron chi connectivity index (χ0n) is 6.98. The van der Waals surface area contributed by atoms with Crippen molar-refractivity contribution in [2.45, 2.75) is 18.6 Å². The SMILES string of the molecule is [CH2][C@@H](O)[C@@H](N)Cc1ccccc1. The highest BCUT2D eigenvalue weighted by molar-refractivity contribution is 5.16. The molecule has 0 aliphatic rings. The molecule has 0 aromatic heterocycles. The smallest absolute Gasteiger partial charge is 0.0695 e. The van der Waals surface area contributed by atoms with Gasteiger partial charge in [0.15, 0.2) is 0 Å². The van der Waals surface area contributed by atoms with Gasteiger partial charge in [0, 0.05) is 6.04 Å². The van der Waals surface area contributed by atoms with Crippen LogP contribution in [0.5, 0.6) is 0 Å². The Labute approximate surface area is 73.0 Å². The molecule has 1 aromatic carbocycles. The lowest BCUT2D eigenvalue weighted by Gasteiger charge is -2.13. The lowest BCUT2D eigenvalue weighted by atomic mass is 10.0. The Morgan fingerprint density at radius 1 is 1.33 bits per heavy atom. The predicted molar refractivity (Wildman–Crippen MR) is 49.5 cm³/mol. The van der Waals surface area contributed by atoms with E-state index in [2.05, 4.69) is 6.92 Å². The van der Waals surface area contributed by atoms with Gasteiger partial charge in [-0.05, 0) is 18.9 Å². The first-order chi connectivity index (χ1) is 5.70. The molecule has 12 heavy (non-hydrogen) atoms. The monoisotopic (exact) mass is 164 g/mol. The molecule has 0 aliphatic carbocycles. The molecule has 0 amide bonds. The minimum absolute atomic E-state index is 0.271. The van der Waals surface area contributed by atoms with Crippen molar-refractivity contribution in [3.63, 3.8) is 0 Å². The quantitative estimate of drug-likeness (QED) is 0.692. The highest BCUT2D eigenvalue weighted by Gasteiger charge is 2.08. The summed E-state index contributed by atoms with van der Waals surface area (Å²) in [6.45, 7) is 3.47. The molecule has 0 fully saturated rings. The minimum Gasteiger partial charge on any atom is -0.392 e. The van der Waals surface area contributed by atoms with Crippen molar-refractivity contribution in [3.05, 3.63) is 42.8 Å². The zero-order valence-corrected chi connectivity index (χ0v) is 6.98. The van der Waals surface area contributed by atoms with Gasteiger partial charge in [0.25, 0.3) is 0 Å². The molecular formula is C10H14NO. The van der Waals surface area contributed by atoms with E-state index in [1.807, 2.05) is 30.3 Å². The van der Waals surface area contributed by atoms with E-state index in [0.717, 1.165) is 5.56 Å². The summed E-state index contributed by atoms with van der Waals surface area (Å²) in [7, 11) is 0. The fourth-order valence-electron chi connectivity index (χ4n) is 1.02.